The van der Waals surface area contributed by atoms with Crippen molar-refractivity contribution < 1.29 is 13.9 Å². The Kier molecular flexibility index (Phi) is 4.93. The zero-order valence-corrected chi connectivity index (χ0v) is 17.3. The molecule has 1 aliphatic rings. The molecular formula is C21H25FN6O2. The number of oxazole rings is 1. The SMILES string of the molecule is CC1(C)C[C@H](Nc2ncc(-c3ccc(-c4ncco4)cc3O)nn2)[C@H](F)C(C)(C)N1. The van der Waals surface area contributed by atoms with E-state index >= 15 is 0 Å². The normalized spacial score (nSPS) is 22.6. The second kappa shape index (κ2) is 7.32. The van der Waals surface area contributed by atoms with Gasteiger partial charge in [0.1, 0.15) is 23.9 Å². The second-order valence-electron chi connectivity index (χ2n) is 8.82. The predicted molar refractivity (Wildman–Crippen MR) is 111 cm³/mol. The number of piperidine rings is 1. The van der Waals surface area contributed by atoms with Crippen LogP contribution >= 0.6 is 0 Å². The number of anilines is 1. The van der Waals surface area contributed by atoms with E-state index in [9.17, 15) is 9.50 Å². The van der Waals surface area contributed by atoms with Gasteiger partial charge in [-0.1, -0.05) is 0 Å². The van der Waals surface area contributed by atoms with Crippen molar-refractivity contribution in [2.75, 3.05) is 5.32 Å². The maximum absolute atomic E-state index is 15.0. The highest BCUT2D eigenvalue weighted by Crippen LogP contribution is 2.33. The van der Waals surface area contributed by atoms with Crippen molar-refractivity contribution in [3.63, 3.8) is 0 Å². The summed E-state index contributed by atoms with van der Waals surface area (Å²) in [6.45, 7) is 7.78. The van der Waals surface area contributed by atoms with Crippen molar-refractivity contribution in [2.24, 2.45) is 0 Å². The molecule has 1 aromatic carbocycles. The van der Waals surface area contributed by atoms with Crippen molar-refractivity contribution in [3.8, 4) is 28.5 Å². The van der Waals surface area contributed by atoms with Crippen molar-refractivity contribution in [3.05, 3.63) is 36.9 Å². The number of nitrogens with zero attached hydrogens (tertiary/aromatic N) is 4. The lowest BCUT2D eigenvalue weighted by molar-refractivity contribution is 0.0654. The number of aromatic nitrogens is 4. The molecule has 0 spiro atoms. The van der Waals surface area contributed by atoms with E-state index in [1.807, 2.05) is 27.7 Å². The smallest absolute Gasteiger partial charge is 0.243 e. The first kappa shape index (κ1) is 20.2. The maximum atomic E-state index is 15.0. The van der Waals surface area contributed by atoms with E-state index in [0.717, 1.165) is 0 Å². The summed E-state index contributed by atoms with van der Waals surface area (Å²) in [7, 11) is 0. The third kappa shape index (κ3) is 3.97. The third-order valence-corrected chi connectivity index (χ3v) is 5.26. The minimum absolute atomic E-state index is 0.00758. The fourth-order valence-corrected chi connectivity index (χ4v) is 4.15. The summed E-state index contributed by atoms with van der Waals surface area (Å²) in [5.74, 6) is 0.665. The Hall–Kier alpha value is -3.07. The van der Waals surface area contributed by atoms with Gasteiger partial charge in [0.15, 0.2) is 0 Å². The van der Waals surface area contributed by atoms with Gasteiger partial charge in [0.2, 0.25) is 11.8 Å². The molecule has 158 valence electrons. The minimum atomic E-state index is -1.12. The molecule has 3 aromatic rings. The van der Waals surface area contributed by atoms with E-state index in [2.05, 4.69) is 30.8 Å². The monoisotopic (exact) mass is 412 g/mol. The lowest BCUT2D eigenvalue weighted by atomic mass is 9.78. The Labute approximate surface area is 174 Å². The lowest BCUT2D eigenvalue weighted by Crippen LogP contribution is -2.67. The fourth-order valence-electron chi connectivity index (χ4n) is 4.15. The average Bonchev–Trinajstić information content (AvgIpc) is 3.20. The molecule has 0 aliphatic carbocycles. The number of halogens is 1. The van der Waals surface area contributed by atoms with E-state index in [0.29, 0.717) is 29.1 Å². The van der Waals surface area contributed by atoms with E-state index < -0.39 is 17.8 Å². The van der Waals surface area contributed by atoms with Crippen LogP contribution in [0.15, 0.2) is 41.3 Å². The molecule has 2 atom stereocenters. The van der Waals surface area contributed by atoms with Gasteiger partial charge in [-0.05, 0) is 52.3 Å². The molecule has 0 saturated carbocycles. The second-order valence-corrected chi connectivity index (χ2v) is 8.82. The summed E-state index contributed by atoms with van der Waals surface area (Å²) >= 11 is 0. The first-order chi connectivity index (χ1) is 14.1. The Morgan fingerprint density at radius 2 is 2.00 bits per heavy atom. The molecule has 0 bridgehead atoms. The van der Waals surface area contributed by atoms with Crippen LogP contribution < -0.4 is 10.6 Å². The van der Waals surface area contributed by atoms with Gasteiger partial charge in [-0.2, -0.15) is 0 Å². The Morgan fingerprint density at radius 1 is 1.20 bits per heavy atom. The van der Waals surface area contributed by atoms with Crippen LogP contribution in [0.2, 0.25) is 0 Å². The number of phenolic OH excluding ortho intramolecular Hbond substituents is 1. The molecule has 1 saturated heterocycles. The van der Waals surface area contributed by atoms with Crippen LogP contribution in [0.5, 0.6) is 5.75 Å². The summed E-state index contributed by atoms with van der Waals surface area (Å²) in [4.78, 5) is 8.34. The van der Waals surface area contributed by atoms with Gasteiger partial charge < -0.3 is 20.2 Å². The topological polar surface area (TPSA) is 109 Å². The molecule has 0 radical (unpaired) electrons. The number of benzene rings is 1. The highest BCUT2D eigenvalue weighted by atomic mass is 19.1. The van der Waals surface area contributed by atoms with Crippen LogP contribution in [0.3, 0.4) is 0 Å². The Morgan fingerprint density at radius 3 is 2.63 bits per heavy atom. The Bertz CT molecular complexity index is 1020. The van der Waals surface area contributed by atoms with Gasteiger partial charge in [-0.25, -0.2) is 14.4 Å². The van der Waals surface area contributed by atoms with Gasteiger partial charge in [0.25, 0.3) is 0 Å². The Balaban J connectivity index is 1.52. The molecular weight excluding hydrogens is 387 g/mol. The molecule has 0 amide bonds. The molecule has 4 rings (SSSR count). The van der Waals surface area contributed by atoms with Crippen LogP contribution in [0.4, 0.5) is 10.3 Å². The van der Waals surface area contributed by atoms with Gasteiger partial charge in [-0.3, -0.25) is 0 Å². The molecule has 3 heterocycles. The summed E-state index contributed by atoms with van der Waals surface area (Å²) in [6.07, 6.45) is 3.95. The van der Waals surface area contributed by atoms with Gasteiger partial charge in [-0.15, -0.1) is 10.2 Å². The largest absolute Gasteiger partial charge is 0.507 e. The molecule has 8 nitrogen and oxygen atoms in total. The van der Waals surface area contributed by atoms with Crippen molar-refractivity contribution >= 4 is 5.95 Å². The summed E-state index contributed by atoms with van der Waals surface area (Å²) < 4.78 is 20.2. The molecule has 30 heavy (non-hydrogen) atoms. The number of hydrogen-bond donors (Lipinski definition) is 3. The van der Waals surface area contributed by atoms with Crippen molar-refractivity contribution in [1.29, 1.82) is 0 Å². The van der Waals surface area contributed by atoms with Crippen LogP contribution in [0.1, 0.15) is 34.1 Å². The number of aromatic hydroxyl groups is 1. The maximum Gasteiger partial charge on any atom is 0.243 e. The molecule has 0 unspecified atom stereocenters. The molecule has 3 N–H and O–H groups in total. The number of alkyl halides is 1. The van der Waals surface area contributed by atoms with Crippen LogP contribution in [0.25, 0.3) is 22.7 Å². The first-order valence-electron chi connectivity index (χ1n) is 9.78. The quantitative estimate of drug-likeness (QED) is 0.597. The first-order valence-corrected chi connectivity index (χ1v) is 9.78. The van der Waals surface area contributed by atoms with Gasteiger partial charge in [0, 0.05) is 22.2 Å². The average molecular weight is 412 g/mol. The van der Waals surface area contributed by atoms with Crippen LogP contribution in [-0.2, 0) is 0 Å². The molecule has 1 aliphatic heterocycles. The number of rotatable bonds is 4. The highest BCUT2D eigenvalue weighted by Gasteiger charge is 2.46. The number of phenols is 1. The molecule has 2 aromatic heterocycles. The van der Waals surface area contributed by atoms with E-state index in [4.69, 9.17) is 4.42 Å². The standard InChI is InChI=1S/C21H25FN6O2/c1-20(2)10-14(17(22)21(3,4)28-20)25-19-24-11-15(26-27-19)13-6-5-12(9-16(13)29)18-23-7-8-30-18/h5-9,11,14,17,28-29H,10H2,1-4H3,(H,24,25,27)/t14-,17-/m0/s1. The fraction of sp³-hybridized carbons (Fsp3) is 0.429. The van der Waals surface area contributed by atoms with E-state index in [1.165, 1.54) is 18.7 Å². The highest BCUT2D eigenvalue weighted by molar-refractivity contribution is 5.71. The number of hydrogen-bond acceptors (Lipinski definition) is 8. The van der Waals surface area contributed by atoms with Crippen molar-refractivity contribution in [1.82, 2.24) is 25.5 Å². The van der Waals surface area contributed by atoms with E-state index in [1.54, 1.807) is 18.2 Å². The summed E-state index contributed by atoms with van der Waals surface area (Å²) in [6, 6.07) is 4.56. The third-order valence-electron chi connectivity index (χ3n) is 5.26. The van der Waals surface area contributed by atoms with Crippen molar-refractivity contribution in [2.45, 2.75) is 57.4 Å². The van der Waals surface area contributed by atoms with Crippen LogP contribution in [0, 0.1) is 0 Å². The minimum Gasteiger partial charge on any atom is -0.507 e. The predicted octanol–water partition coefficient (Wildman–Crippen LogP) is 3.57. The van der Waals surface area contributed by atoms with Gasteiger partial charge in [0.05, 0.1) is 18.4 Å². The zero-order chi connectivity index (χ0) is 21.5. The molecule has 9 heteroatoms. The zero-order valence-electron chi connectivity index (χ0n) is 17.3. The van der Waals surface area contributed by atoms with Gasteiger partial charge >= 0.3 is 0 Å². The summed E-state index contributed by atoms with van der Waals surface area (Å²) in [5, 5.41) is 25.0. The molecule has 1 fully saturated rings. The van der Waals surface area contributed by atoms with Crippen LogP contribution in [-0.4, -0.2) is 48.6 Å². The van der Waals surface area contributed by atoms with E-state index in [-0.39, 0.29) is 17.2 Å². The number of nitrogens with one attached hydrogen (secondary N) is 2. The lowest BCUT2D eigenvalue weighted by Gasteiger charge is -2.48. The summed E-state index contributed by atoms with van der Waals surface area (Å²) in [5.41, 5.74) is 0.617.